The fraction of sp³-hybridized carbons (Fsp3) is 0.182. The van der Waals surface area contributed by atoms with Gasteiger partial charge in [-0.05, 0) is 19.1 Å². The number of hydrogen-bond acceptors (Lipinski definition) is 4. The van der Waals surface area contributed by atoms with Crippen molar-refractivity contribution in [3.63, 3.8) is 0 Å². The monoisotopic (exact) mass is 307 g/mol. The molecule has 0 bridgehead atoms. The van der Waals surface area contributed by atoms with Crippen LogP contribution in [0.2, 0.25) is 0 Å². The summed E-state index contributed by atoms with van der Waals surface area (Å²) in [6.07, 6.45) is 4.60. The smallest absolute Gasteiger partial charge is 0.145 e. The second-order valence-electron chi connectivity index (χ2n) is 3.95. The zero-order valence-corrected chi connectivity index (χ0v) is 11.1. The topological polar surface area (TPSA) is 68.2 Å². The molecule has 18 heavy (non-hydrogen) atoms. The summed E-state index contributed by atoms with van der Waals surface area (Å²) in [5.74, 6) is 0. The Bertz CT molecular complexity index is 702. The lowest BCUT2D eigenvalue weighted by Gasteiger charge is -2.00. The van der Waals surface area contributed by atoms with Crippen LogP contribution >= 0.6 is 15.9 Å². The van der Waals surface area contributed by atoms with Crippen molar-refractivity contribution in [3.05, 3.63) is 35.2 Å². The van der Waals surface area contributed by atoms with E-state index < -0.39 is 6.23 Å². The minimum absolute atomic E-state index is 0.684. The predicted octanol–water partition coefficient (Wildman–Crippen LogP) is 1.87. The molecule has 1 unspecified atom stereocenters. The molecule has 92 valence electrons. The number of aliphatic hydroxyl groups is 1. The highest BCUT2D eigenvalue weighted by Gasteiger charge is 2.12. The molecule has 1 atom stereocenters. The van der Waals surface area contributed by atoms with Gasteiger partial charge in [0, 0.05) is 16.2 Å². The first-order chi connectivity index (χ1) is 8.65. The van der Waals surface area contributed by atoms with Gasteiger partial charge in [-0.15, -0.1) is 5.10 Å². The summed E-state index contributed by atoms with van der Waals surface area (Å²) in [6, 6.07) is 3.88. The molecule has 0 fully saturated rings. The maximum atomic E-state index is 9.42. The fourth-order valence-corrected chi connectivity index (χ4v) is 2.07. The molecule has 7 heteroatoms. The first-order valence-electron chi connectivity index (χ1n) is 5.38. The van der Waals surface area contributed by atoms with E-state index in [1.807, 2.05) is 18.3 Å². The summed E-state index contributed by atoms with van der Waals surface area (Å²) in [6.45, 7) is 1.63. The first-order valence-corrected chi connectivity index (χ1v) is 6.17. The third-order valence-corrected chi connectivity index (χ3v) is 3.15. The van der Waals surface area contributed by atoms with Crippen LogP contribution in [0.15, 0.2) is 35.2 Å². The molecule has 0 spiro atoms. The summed E-state index contributed by atoms with van der Waals surface area (Å²) in [5.41, 5.74) is 2.49. The Morgan fingerprint density at radius 1 is 1.44 bits per heavy atom. The van der Waals surface area contributed by atoms with Crippen LogP contribution in [0.3, 0.4) is 0 Å². The Morgan fingerprint density at radius 3 is 3.00 bits per heavy atom. The van der Waals surface area contributed by atoms with E-state index in [1.165, 1.54) is 4.68 Å². The maximum absolute atomic E-state index is 9.42. The van der Waals surface area contributed by atoms with Crippen LogP contribution in [-0.2, 0) is 0 Å². The van der Waals surface area contributed by atoms with E-state index >= 15 is 0 Å². The number of hydrogen-bond donors (Lipinski definition) is 1. The van der Waals surface area contributed by atoms with Crippen LogP contribution in [0.5, 0.6) is 0 Å². The second-order valence-corrected chi connectivity index (χ2v) is 4.86. The average Bonchev–Trinajstić information content (AvgIpc) is 2.93. The van der Waals surface area contributed by atoms with Crippen molar-refractivity contribution in [2.45, 2.75) is 13.2 Å². The summed E-state index contributed by atoms with van der Waals surface area (Å²) in [5, 5.41) is 21.6. The Hall–Kier alpha value is -1.73. The van der Waals surface area contributed by atoms with Gasteiger partial charge in [-0.25, -0.2) is 9.20 Å². The SMILES string of the molecule is CC(O)n1cc(-c2cnn3ccc(Br)cc23)nn1. The van der Waals surface area contributed by atoms with E-state index in [0.717, 1.165) is 15.6 Å². The number of aliphatic hydroxyl groups excluding tert-OH is 1. The molecular weight excluding hydrogens is 298 g/mol. The molecule has 0 aliphatic heterocycles. The largest absolute Gasteiger partial charge is 0.372 e. The van der Waals surface area contributed by atoms with E-state index in [-0.39, 0.29) is 0 Å². The van der Waals surface area contributed by atoms with Crippen LogP contribution < -0.4 is 0 Å². The van der Waals surface area contributed by atoms with E-state index in [4.69, 9.17) is 0 Å². The molecule has 0 radical (unpaired) electrons. The molecule has 1 N–H and O–H groups in total. The lowest BCUT2D eigenvalue weighted by molar-refractivity contribution is 0.108. The van der Waals surface area contributed by atoms with Gasteiger partial charge in [-0.1, -0.05) is 21.1 Å². The maximum Gasteiger partial charge on any atom is 0.145 e. The normalized spacial score (nSPS) is 13.1. The predicted molar refractivity (Wildman–Crippen MR) is 68.8 cm³/mol. The molecule has 3 aromatic heterocycles. The number of nitrogens with zero attached hydrogens (tertiary/aromatic N) is 5. The van der Waals surface area contributed by atoms with Gasteiger partial charge in [0.25, 0.3) is 0 Å². The van der Waals surface area contributed by atoms with Crippen LogP contribution in [-0.4, -0.2) is 29.7 Å². The Kier molecular flexibility index (Phi) is 2.64. The minimum Gasteiger partial charge on any atom is -0.372 e. The molecule has 3 aromatic rings. The van der Waals surface area contributed by atoms with E-state index in [9.17, 15) is 5.11 Å². The van der Waals surface area contributed by atoms with Gasteiger partial charge in [-0.2, -0.15) is 5.10 Å². The third kappa shape index (κ3) is 1.81. The van der Waals surface area contributed by atoms with Crippen molar-refractivity contribution in [1.82, 2.24) is 24.6 Å². The molecule has 3 heterocycles. The van der Waals surface area contributed by atoms with Gasteiger partial charge in [0.15, 0.2) is 0 Å². The molecule has 0 saturated carbocycles. The fourth-order valence-electron chi connectivity index (χ4n) is 1.74. The quantitative estimate of drug-likeness (QED) is 0.785. The van der Waals surface area contributed by atoms with Crippen molar-refractivity contribution in [2.75, 3.05) is 0 Å². The standard InChI is InChI=1S/C11H10BrN5O/c1-7(18)17-6-10(14-15-17)9-5-13-16-3-2-8(12)4-11(9)16/h2-7,18H,1H3. The van der Waals surface area contributed by atoms with Crippen molar-refractivity contribution in [1.29, 1.82) is 0 Å². The molecule has 0 aliphatic rings. The van der Waals surface area contributed by atoms with Crippen molar-refractivity contribution < 1.29 is 5.11 Å². The Balaban J connectivity index is 2.15. The summed E-state index contributed by atoms with van der Waals surface area (Å²) < 4.78 is 4.14. The number of rotatable bonds is 2. The second kappa shape index (κ2) is 4.18. The number of fused-ring (bicyclic) bond motifs is 1. The zero-order valence-electron chi connectivity index (χ0n) is 9.53. The Labute approximate surface area is 111 Å². The van der Waals surface area contributed by atoms with Crippen molar-refractivity contribution in [3.8, 4) is 11.3 Å². The lowest BCUT2D eigenvalue weighted by Crippen LogP contribution is -2.03. The lowest BCUT2D eigenvalue weighted by atomic mass is 10.2. The van der Waals surface area contributed by atoms with Crippen LogP contribution in [0.1, 0.15) is 13.2 Å². The number of pyridine rings is 1. The summed E-state index contributed by atoms with van der Waals surface area (Å²) >= 11 is 3.43. The number of halogens is 1. The summed E-state index contributed by atoms with van der Waals surface area (Å²) in [4.78, 5) is 0. The van der Waals surface area contributed by atoms with Crippen LogP contribution in [0, 0.1) is 0 Å². The highest BCUT2D eigenvalue weighted by atomic mass is 79.9. The van der Waals surface area contributed by atoms with E-state index in [0.29, 0.717) is 5.69 Å². The molecule has 0 amide bonds. The summed E-state index contributed by atoms with van der Waals surface area (Å²) in [7, 11) is 0. The van der Waals surface area contributed by atoms with Crippen molar-refractivity contribution in [2.24, 2.45) is 0 Å². The highest BCUT2D eigenvalue weighted by Crippen LogP contribution is 2.24. The van der Waals surface area contributed by atoms with Crippen LogP contribution in [0.25, 0.3) is 16.8 Å². The van der Waals surface area contributed by atoms with E-state index in [2.05, 4.69) is 31.3 Å². The number of aromatic nitrogens is 5. The highest BCUT2D eigenvalue weighted by molar-refractivity contribution is 9.10. The van der Waals surface area contributed by atoms with Gasteiger partial charge in [0.05, 0.1) is 17.9 Å². The molecule has 0 aromatic carbocycles. The molecule has 0 aliphatic carbocycles. The van der Waals surface area contributed by atoms with E-state index in [1.54, 1.807) is 23.8 Å². The molecular formula is C11H10BrN5O. The average molecular weight is 308 g/mol. The van der Waals surface area contributed by atoms with Gasteiger partial charge < -0.3 is 5.11 Å². The zero-order chi connectivity index (χ0) is 12.7. The first kappa shape index (κ1) is 11.4. The van der Waals surface area contributed by atoms with Gasteiger partial charge in [0.1, 0.15) is 11.9 Å². The van der Waals surface area contributed by atoms with Gasteiger partial charge in [-0.3, -0.25) is 0 Å². The van der Waals surface area contributed by atoms with Gasteiger partial charge in [0.2, 0.25) is 0 Å². The third-order valence-electron chi connectivity index (χ3n) is 2.65. The molecule has 6 nitrogen and oxygen atoms in total. The van der Waals surface area contributed by atoms with Gasteiger partial charge >= 0.3 is 0 Å². The van der Waals surface area contributed by atoms with Crippen LogP contribution in [0.4, 0.5) is 0 Å². The Morgan fingerprint density at radius 2 is 2.28 bits per heavy atom. The minimum atomic E-state index is -0.695. The molecule has 0 saturated heterocycles. The van der Waals surface area contributed by atoms with Crippen molar-refractivity contribution >= 4 is 21.4 Å². The molecule has 3 rings (SSSR count).